The number of carbonyl (C=O) groups is 1. The molecule has 1 aromatic carbocycles. The third kappa shape index (κ3) is 3.19. The zero-order valence-electron chi connectivity index (χ0n) is 13.9. The fraction of sp³-hybridized carbons (Fsp3) is 0.500. The zero-order chi connectivity index (χ0) is 16.4. The van der Waals surface area contributed by atoms with Crippen molar-refractivity contribution in [2.75, 3.05) is 50.7 Å². The molecule has 0 bridgehead atoms. The lowest BCUT2D eigenvalue weighted by molar-refractivity contribution is -0.131. The summed E-state index contributed by atoms with van der Waals surface area (Å²) in [5.41, 5.74) is 1.86. The highest BCUT2D eigenvalue weighted by atomic mass is 16.2. The highest BCUT2D eigenvalue weighted by molar-refractivity contribution is 5.78. The van der Waals surface area contributed by atoms with Gasteiger partial charge in [-0.3, -0.25) is 14.7 Å². The quantitative estimate of drug-likeness (QED) is 0.853. The van der Waals surface area contributed by atoms with Gasteiger partial charge in [-0.05, 0) is 25.0 Å². The molecule has 24 heavy (non-hydrogen) atoms. The summed E-state index contributed by atoms with van der Waals surface area (Å²) in [5, 5.41) is 0. The number of anilines is 1. The molecule has 6 heteroatoms. The second kappa shape index (κ2) is 6.73. The normalized spacial score (nSPS) is 19.2. The van der Waals surface area contributed by atoms with Crippen molar-refractivity contribution in [2.45, 2.75) is 12.8 Å². The Morgan fingerprint density at radius 1 is 0.958 bits per heavy atom. The lowest BCUT2D eigenvalue weighted by Gasteiger charge is -2.35. The molecular formula is C18H23N5O. The molecule has 2 aromatic rings. The van der Waals surface area contributed by atoms with Crippen LogP contribution in [0, 0.1) is 0 Å². The highest BCUT2D eigenvalue weighted by Crippen LogP contribution is 2.17. The minimum Gasteiger partial charge on any atom is -0.353 e. The Morgan fingerprint density at radius 3 is 2.42 bits per heavy atom. The van der Waals surface area contributed by atoms with Gasteiger partial charge in [-0.25, -0.2) is 4.98 Å². The van der Waals surface area contributed by atoms with Gasteiger partial charge in [0.1, 0.15) is 5.82 Å². The molecule has 0 unspecified atom stereocenters. The van der Waals surface area contributed by atoms with Gasteiger partial charge in [0.15, 0.2) is 0 Å². The average molecular weight is 325 g/mol. The number of hydrogen-bond donors (Lipinski definition) is 0. The predicted octanol–water partition coefficient (Wildman–Crippen LogP) is 1.37. The lowest BCUT2D eigenvalue weighted by atomic mass is 10.3. The molecule has 3 heterocycles. The van der Waals surface area contributed by atoms with Crippen LogP contribution in [0.25, 0.3) is 11.0 Å². The van der Waals surface area contributed by atoms with Gasteiger partial charge in [0.25, 0.3) is 0 Å². The van der Waals surface area contributed by atoms with E-state index in [4.69, 9.17) is 4.98 Å². The third-order valence-electron chi connectivity index (χ3n) is 4.95. The van der Waals surface area contributed by atoms with Crippen LogP contribution in [-0.2, 0) is 4.79 Å². The van der Waals surface area contributed by atoms with Gasteiger partial charge in [-0.2, -0.15) is 0 Å². The molecule has 2 aliphatic heterocycles. The molecule has 2 aliphatic rings. The number of rotatable bonds is 3. The Bertz CT molecular complexity index is 720. The van der Waals surface area contributed by atoms with Crippen LogP contribution in [0.2, 0.25) is 0 Å². The molecule has 126 valence electrons. The summed E-state index contributed by atoms with van der Waals surface area (Å²) in [6.45, 7) is 6.00. The Kier molecular flexibility index (Phi) is 4.30. The summed E-state index contributed by atoms with van der Waals surface area (Å²) in [6, 6.07) is 7.94. The van der Waals surface area contributed by atoms with Gasteiger partial charge in [0.05, 0.1) is 23.8 Å². The van der Waals surface area contributed by atoms with E-state index in [2.05, 4.69) is 14.8 Å². The second-order valence-corrected chi connectivity index (χ2v) is 6.57. The number of likely N-dealkylation sites (tertiary alicyclic amines) is 1. The maximum absolute atomic E-state index is 12.3. The van der Waals surface area contributed by atoms with Crippen molar-refractivity contribution in [3.8, 4) is 0 Å². The van der Waals surface area contributed by atoms with Crippen LogP contribution < -0.4 is 4.90 Å². The molecule has 0 radical (unpaired) electrons. The first-order valence-electron chi connectivity index (χ1n) is 8.76. The molecular weight excluding hydrogens is 302 g/mol. The number of benzene rings is 1. The number of amides is 1. The summed E-state index contributed by atoms with van der Waals surface area (Å²) in [7, 11) is 0. The zero-order valence-corrected chi connectivity index (χ0v) is 13.9. The second-order valence-electron chi connectivity index (χ2n) is 6.57. The Balaban J connectivity index is 1.35. The average Bonchev–Trinajstić information content (AvgIpc) is 3.17. The Hall–Kier alpha value is -2.21. The van der Waals surface area contributed by atoms with Crippen LogP contribution >= 0.6 is 0 Å². The topological polar surface area (TPSA) is 52.6 Å². The highest BCUT2D eigenvalue weighted by Gasteiger charge is 2.24. The van der Waals surface area contributed by atoms with E-state index >= 15 is 0 Å². The number of nitrogens with zero attached hydrogens (tertiary/aromatic N) is 5. The molecule has 4 rings (SSSR count). The molecule has 1 aromatic heterocycles. The van der Waals surface area contributed by atoms with Crippen LogP contribution in [-0.4, -0.2) is 71.5 Å². The van der Waals surface area contributed by atoms with Crippen molar-refractivity contribution in [3.63, 3.8) is 0 Å². The Labute approximate surface area is 142 Å². The predicted molar refractivity (Wildman–Crippen MR) is 94.0 cm³/mol. The van der Waals surface area contributed by atoms with Gasteiger partial charge in [-0.15, -0.1) is 0 Å². The van der Waals surface area contributed by atoms with Crippen LogP contribution in [0.4, 0.5) is 5.82 Å². The van der Waals surface area contributed by atoms with Gasteiger partial charge in [0, 0.05) is 39.3 Å². The van der Waals surface area contributed by atoms with E-state index in [9.17, 15) is 4.79 Å². The van der Waals surface area contributed by atoms with Crippen molar-refractivity contribution >= 4 is 22.8 Å². The first-order chi connectivity index (χ1) is 11.8. The van der Waals surface area contributed by atoms with E-state index < -0.39 is 0 Å². The molecule has 1 amide bonds. The van der Waals surface area contributed by atoms with Crippen molar-refractivity contribution in [3.05, 3.63) is 30.5 Å². The summed E-state index contributed by atoms with van der Waals surface area (Å²) >= 11 is 0. The smallest absolute Gasteiger partial charge is 0.236 e. The molecule has 0 saturated carbocycles. The van der Waals surface area contributed by atoms with E-state index in [1.165, 1.54) is 0 Å². The summed E-state index contributed by atoms with van der Waals surface area (Å²) in [5.74, 6) is 1.21. The number of hydrogen-bond acceptors (Lipinski definition) is 5. The van der Waals surface area contributed by atoms with Crippen molar-refractivity contribution in [2.24, 2.45) is 0 Å². The molecule has 6 nitrogen and oxygen atoms in total. The summed E-state index contributed by atoms with van der Waals surface area (Å²) in [6.07, 6.45) is 4.16. The first kappa shape index (κ1) is 15.3. The maximum atomic E-state index is 12.3. The summed E-state index contributed by atoms with van der Waals surface area (Å²) < 4.78 is 0. The van der Waals surface area contributed by atoms with E-state index in [0.29, 0.717) is 6.54 Å². The van der Waals surface area contributed by atoms with Crippen molar-refractivity contribution in [1.29, 1.82) is 0 Å². The van der Waals surface area contributed by atoms with Gasteiger partial charge < -0.3 is 9.80 Å². The number of carbonyl (C=O) groups excluding carboxylic acids is 1. The number of fused-ring (bicyclic) bond motifs is 1. The van der Waals surface area contributed by atoms with Gasteiger partial charge in [0.2, 0.25) is 5.91 Å². The first-order valence-corrected chi connectivity index (χ1v) is 8.76. The van der Waals surface area contributed by atoms with Gasteiger partial charge >= 0.3 is 0 Å². The monoisotopic (exact) mass is 325 g/mol. The van der Waals surface area contributed by atoms with Crippen LogP contribution in [0.3, 0.4) is 0 Å². The van der Waals surface area contributed by atoms with Crippen molar-refractivity contribution < 1.29 is 4.79 Å². The summed E-state index contributed by atoms with van der Waals surface area (Å²) in [4.78, 5) is 28.0. The van der Waals surface area contributed by atoms with E-state index in [0.717, 1.165) is 69.0 Å². The van der Waals surface area contributed by atoms with Crippen molar-refractivity contribution in [1.82, 2.24) is 19.8 Å². The van der Waals surface area contributed by atoms with Crippen LogP contribution in [0.5, 0.6) is 0 Å². The van der Waals surface area contributed by atoms with E-state index in [-0.39, 0.29) is 5.91 Å². The van der Waals surface area contributed by atoms with E-state index in [1.54, 1.807) is 0 Å². The molecule has 0 N–H and O–H groups in total. The third-order valence-corrected chi connectivity index (χ3v) is 4.95. The fourth-order valence-electron chi connectivity index (χ4n) is 3.49. The maximum Gasteiger partial charge on any atom is 0.236 e. The number of piperazine rings is 1. The minimum atomic E-state index is 0.284. The van der Waals surface area contributed by atoms with Crippen LogP contribution in [0.1, 0.15) is 12.8 Å². The molecule has 2 fully saturated rings. The SMILES string of the molecule is O=C(CN1CCN(c2cnc3ccccc3n2)CC1)N1CCCC1. The fourth-order valence-corrected chi connectivity index (χ4v) is 3.49. The molecule has 2 saturated heterocycles. The minimum absolute atomic E-state index is 0.284. The largest absolute Gasteiger partial charge is 0.353 e. The molecule has 0 atom stereocenters. The molecule has 0 aliphatic carbocycles. The molecule has 0 spiro atoms. The Morgan fingerprint density at radius 2 is 1.67 bits per heavy atom. The van der Waals surface area contributed by atoms with Gasteiger partial charge in [-0.1, -0.05) is 12.1 Å². The number of para-hydroxylation sites is 2. The standard InChI is InChI=1S/C18H23N5O/c24-18(23-7-3-4-8-23)14-21-9-11-22(12-10-21)17-13-19-15-5-1-2-6-16(15)20-17/h1-2,5-6,13H,3-4,7-12,14H2. The van der Waals surface area contributed by atoms with Crippen LogP contribution in [0.15, 0.2) is 30.5 Å². The van der Waals surface area contributed by atoms with E-state index in [1.807, 2.05) is 35.4 Å². The number of aromatic nitrogens is 2. The lowest BCUT2D eigenvalue weighted by Crippen LogP contribution is -2.50.